The van der Waals surface area contributed by atoms with E-state index in [1.165, 1.54) is 12.8 Å². The van der Waals surface area contributed by atoms with Gasteiger partial charge in [0.25, 0.3) is 0 Å². The fraction of sp³-hybridized carbons (Fsp3) is 0.417. The molecule has 0 bridgehead atoms. The van der Waals surface area contributed by atoms with Gasteiger partial charge in [-0.3, -0.25) is 4.79 Å². The van der Waals surface area contributed by atoms with E-state index in [-0.39, 0.29) is 5.91 Å². The monoisotopic (exact) mass is 204 g/mol. The fourth-order valence-corrected chi connectivity index (χ4v) is 1.67. The molecule has 0 atom stereocenters. The average molecular weight is 204 g/mol. The molecule has 0 aromatic heterocycles. The maximum absolute atomic E-state index is 11.4. The van der Waals surface area contributed by atoms with Crippen LogP contribution in [-0.4, -0.2) is 25.5 Å². The molecule has 3 nitrogen and oxygen atoms in total. The van der Waals surface area contributed by atoms with Crippen LogP contribution in [0.4, 0.5) is 5.69 Å². The summed E-state index contributed by atoms with van der Waals surface area (Å²) >= 11 is 0. The minimum Gasteiger partial charge on any atom is -0.359 e. The van der Waals surface area contributed by atoms with Crippen molar-refractivity contribution in [1.82, 2.24) is 5.32 Å². The number of carbonyl (C=O) groups excluding carboxylic acids is 1. The Hall–Kier alpha value is -1.51. The molecule has 0 spiro atoms. The number of nitrogens with one attached hydrogen (secondary N) is 1. The lowest BCUT2D eigenvalue weighted by atomic mass is 10.3. The Morgan fingerprint density at radius 2 is 2.07 bits per heavy atom. The van der Waals surface area contributed by atoms with Crippen molar-refractivity contribution in [3.05, 3.63) is 30.3 Å². The van der Waals surface area contributed by atoms with E-state index in [9.17, 15) is 4.79 Å². The van der Waals surface area contributed by atoms with Crippen molar-refractivity contribution in [1.29, 1.82) is 0 Å². The molecule has 1 fully saturated rings. The van der Waals surface area contributed by atoms with E-state index in [1.807, 2.05) is 18.2 Å². The van der Waals surface area contributed by atoms with E-state index >= 15 is 0 Å². The van der Waals surface area contributed by atoms with Gasteiger partial charge in [0.05, 0.1) is 6.54 Å². The highest BCUT2D eigenvalue weighted by molar-refractivity contribution is 5.81. The molecule has 15 heavy (non-hydrogen) atoms. The normalized spacial score (nSPS) is 14.7. The lowest BCUT2D eigenvalue weighted by Gasteiger charge is -2.23. The maximum atomic E-state index is 11.4. The van der Waals surface area contributed by atoms with E-state index in [2.05, 4.69) is 22.3 Å². The standard InChI is InChI=1S/C12H16N2O/c1-13-12(15)9-14(11-7-8-11)10-5-3-2-4-6-10/h2-6,11H,7-9H2,1H3,(H,13,15). The molecular weight excluding hydrogens is 188 g/mol. The third-order valence-electron chi connectivity index (χ3n) is 2.67. The number of benzene rings is 1. The van der Waals surface area contributed by atoms with Crippen LogP contribution in [0.2, 0.25) is 0 Å². The lowest BCUT2D eigenvalue weighted by molar-refractivity contribution is -0.119. The topological polar surface area (TPSA) is 32.3 Å². The van der Waals surface area contributed by atoms with Crippen molar-refractivity contribution in [2.24, 2.45) is 0 Å². The number of rotatable bonds is 4. The minimum atomic E-state index is 0.0748. The molecule has 2 rings (SSSR count). The van der Waals surface area contributed by atoms with Gasteiger partial charge in [-0.1, -0.05) is 18.2 Å². The highest BCUT2D eigenvalue weighted by Crippen LogP contribution is 2.30. The molecule has 0 unspecified atom stereocenters. The molecule has 0 saturated heterocycles. The van der Waals surface area contributed by atoms with E-state index in [0.717, 1.165) is 5.69 Å². The van der Waals surface area contributed by atoms with Crippen molar-refractivity contribution in [2.75, 3.05) is 18.5 Å². The summed E-state index contributed by atoms with van der Waals surface area (Å²) in [4.78, 5) is 13.6. The van der Waals surface area contributed by atoms with Gasteiger partial charge in [-0.25, -0.2) is 0 Å². The van der Waals surface area contributed by atoms with Crippen LogP contribution in [0.1, 0.15) is 12.8 Å². The van der Waals surface area contributed by atoms with Crippen LogP contribution in [0, 0.1) is 0 Å². The molecule has 1 aromatic rings. The number of anilines is 1. The molecule has 0 radical (unpaired) electrons. The van der Waals surface area contributed by atoms with Crippen LogP contribution in [0.25, 0.3) is 0 Å². The van der Waals surface area contributed by atoms with Crippen molar-refractivity contribution >= 4 is 11.6 Å². The highest BCUT2D eigenvalue weighted by Gasteiger charge is 2.30. The second-order valence-electron chi connectivity index (χ2n) is 3.87. The first-order valence-corrected chi connectivity index (χ1v) is 5.33. The van der Waals surface area contributed by atoms with E-state index in [4.69, 9.17) is 0 Å². The zero-order chi connectivity index (χ0) is 10.7. The summed E-state index contributed by atoms with van der Waals surface area (Å²) in [5.74, 6) is 0.0748. The molecule has 1 N–H and O–H groups in total. The molecule has 1 aliphatic carbocycles. The Kier molecular flexibility index (Phi) is 2.90. The van der Waals surface area contributed by atoms with Gasteiger partial charge in [-0.15, -0.1) is 0 Å². The van der Waals surface area contributed by atoms with Crippen molar-refractivity contribution in [2.45, 2.75) is 18.9 Å². The Labute approximate surface area is 90.1 Å². The van der Waals surface area contributed by atoms with E-state index in [0.29, 0.717) is 12.6 Å². The second-order valence-corrected chi connectivity index (χ2v) is 3.87. The first-order chi connectivity index (χ1) is 7.31. The third-order valence-corrected chi connectivity index (χ3v) is 2.67. The zero-order valence-corrected chi connectivity index (χ0v) is 8.94. The number of para-hydroxylation sites is 1. The van der Waals surface area contributed by atoms with Crippen LogP contribution in [0.15, 0.2) is 30.3 Å². The summed E-state index contributed by atoms with van der Waals surface area (Å²) in [5.41, 5.74) is 1.14. The van der Waals surface area contributed by atoms with Crippen molar-refractivity contribution < 1.29 is 4.79 Å². The van der Waals surface area contributed by atoms with E-state index in [1.54, 1.807) is 7.05 Å². The number of carbonyl (C=O) groups is 1. The molecule has 3 heteroatoms. The number of amides is 1. The smallest absolute Gasteiger partial charge is 0.239 e. The Morgan fingerprint density at radius 3 is 2.60 bits per heavy atom. The minimum absolute atomic E-state index is 0.0748. The lowest BCUT2D eigenvalue weighted by Crippen LogP contribution is -2.37. The first kappa shape index (κ1) is 10.0. The number of nitrogens with zero attached hydrogens (tertiary/aromatic N) is 1. The zero-order valence-electron chi connectivity index (χ0n) is 8.94. The summed E-state index contributed by atoms with van der Waals surface area (Å²) < 4.78 is 0. The van der Waals surface area contributed by atoms with E-state index < -0.39 is 0 Å². The van der Waals surface area contributed by atoms with Gasteiger partial charge in [0.15, 0.2) is 0 Å². The van der Waals surface area contributed by atoms with Crippen LogP contribution in [0.3, 0.4) is 0 Å². The van der Waals surface area contributed by atoms with Crippen LogP contribution in [0.5, 0.6) is 0 Å². The van der Waals surface area contributed by atoms with Crippen LogP contribution < -0.4 is 10.2 Å². The maximum Gasteiger partial charge on any atom is 0.239 e. The van der Waals surface area contributed by atoms with Gasteiger partial charge < -0.3 is 10.2 Å². The quantitative estimate of drug-likeness (QED) is 0.804. The van der Waals surface area contributed by atoms with Gasteiger partial charge in [0.1, 0.15) is 0 Å². The highest BCUT2D eigenvalue weighted by atomic mass is 16.1. The average Bonchev–Trinajstić information content (AvgIpc) is 3.10. The summed E-state index contributed by atoms with van der Waals surface area (Å²) in [7, 11) is 1.68. The summed E-state index contributed by atoms with van der Waals surface area (Å²) in [6, 6.07) is 10.7. The van der Waals surface area contributed by atoms with Crippen molar-refractivity contribution in [3.63, 3.8) is 0 Å². The second kappa shape index (κ2) is 4.34. The van der Waals surface area contributed by atoms with Gasteiger partial charge in [-0.05, 0) is 25.0 Å². The largest absolute Gasteiger partial charge is 0.359 e. The first-order valence-electron chi connectivity index (χ1n) is 5.33. The summed E-state index contributed by atoms with van der Waals surface area (Å²) in [6.45, 7) is 0.463. The van der Waals surface area contributed by atoms with Crippen molar-refractivity contribution in [3.8, 4) is 0 Å². The molecule has 80 valence electrons. The van der Waals surface area contributed by atoms with Crippen LogP contribution in [-0.2, 0) is 4.79 Å². The van der Waals surface area contributed by atoms with Crippen LogP contribution >= 0.6 is 0 Å². The Morgan fingerprint density at radius 1 is 1.40 bits per heavy atom. The molecular formula is C12H16N2O. The number of likely N-dealkylation sites (N-methyl/N-ethyl adjacent to an activating group) is 1. The van der Waals surface area contributed by atoms with Gasteiger partial charge in [-0.2, -0.15) is 0 Å². The predicted octanol–water partition coefficient (Wildman–Crippen LogP) is 1.40. The fourth-order valence-electron chi connectivity index (χ4n) is 1.67. The number of hydrogen-bond donors (Lipinski definition) is 1. The Balaban J connectivity index is 2.10. The molecule has 1 aliphatic rings. The SMILES string of the molecule is CNC(=O)CN(c1ccccc1)C1CC1. The molecule has 0 aliphatic heterocycles. The van der Waals surface area contributed by atoms with Gasteiger partial charge in [0, 0.05) is 18.8 Å². The van der Waals surface area contributed by atoms with Gasteiger partial charge in [0.2, 0.25) is 5.91 Å². The summed E-state index contributed by atoms with van der Waals surface area (Å²) in [5, 5.41) is 2.67. The molecule has 1 amide bonds. The molecule has 1 saturated carbocycles. The summed E-state index contributed by atoms with van der Waals surface area (Å²) in [6.07, 6.45) is 2.40. The number of hydrogen-bond acceptors (Lipinski definition) is 2. The molecule has 1 aromatic carbocycles. The molecule has 0 heterocycles. The third kappa shape index (κ3) is 2.49. The van der Waals surface area contributed by atoms with Gasteiger partial charge >= 0.3 is 0 Å². The predicted molar refractivity (Wildman–Crippen MR) is 60.9 cm³/mol. The Bertz CT molecular complexity index is 333.